The van der Waals surface area contributed by atoms with Crippen LogP contribution in [0.15, 0.2) is 237 Å². The number of hydrogen-bond donors (Lipinski definition) is 0. The Hall–Kier alpha value is -7.92. The minimum Gasteiger partial charge on any atom is -0.485 e. The van der Waals surface area contributed by atoms with Gasteiger partial charge in [0, 0.05) is 16.9 Å². The third-order valence-corrected chi connectivity index (χ3v) is 14.2. The van der Waals surface area contributed by atoms with Gasteiger partial charge in [-0.3, -0.25) is 0 Å². The molecule has 0 unspecified atom stereocenters. The van der Waals surface area contributed by atoms with E-state index in [1.807, 2.05) is 6.07 Å². The van der Waals surface area contributed by atoms with Gasteiger partial charge in [0.1, 0.15) is 13.2 Å². The number of rotatable bonds is 9. The fourth-order valence-electron chi connectivity index (χ4n) is 10.1. The number of fused-ring (bicyclic) bond motifs is 4. The first-order valence-electron chi connectivity index (χ1n) is 22.2. The van der Waals surface area contributed by atoms with Crippen molar-refractivity contribution in [3.8, 4) is 65.8 Å². The van der Waals surface area contributed by atoms with E-state index in [-0.39, 0.29) is 0 Å². The third-order valence-electron chi connectivity index (χ3n) is 13.0. The van der Waals surface area contributed by atoms with Crippen molar-refractivity contribution in [1.29, 1.82) is 0 Å². The minimum atomic E-state index is -0.490. The summed E-state index contributed by atoms with van der Waals surface area (Å²) in [5.74, 6) is 1.66. The maximum Gasteiger partial charge on any atom is 0.180 e. The van der Waals surface area contributed by atoms with Crippen LogP contribution >= 0.6 is 11.3 Å². The number of thiophene rings is 1. The Morgan fingerprint density at radius 3 is 1.35 bits per heavy atom. The Morgan fingerprint density at radius 2 is 0.785 bits per heavy atom. The molecule has 1 aliphatic carbocycles. The zero-order valence-electron chi connectivity index (χ0n) is 35.6. The Labute approximate surface area is 384 Å². The van der Waals surface area contributed by atoms with Crippen molar-refractivity contribution in [3.05, 3.63) is 259 Å². The summed E-state index contributed by atoms with van der Waals surface area (Å²) in [6, 6.07) is 85.9. The SMILES string of the molecule is c1ccc(-c2ccc(N(c3ccc(-c4sc(-c5ccccc5)c5c4OCCO5)cc3)c3ccc(C4(c5ccccc5)c5ccccc5-c5ccccc54)cc3)c(-c3ccccc3)c2)cc1. The average molecular weight is 854 g/mol. The van der Waals surface area contributed by atoms with E-state index in [0.29, 0.717) is 13.2 Å². The predicted molar refractivity (Wildman–Crippen MR) is 269 cm³/mol. The van der Waals surface area contributed by atoms with Gasteiger partial charge >= 0.3 is 0 Å². The van der Waals surface area contributed by atoms with Crippen LogP contribution in [0.3, 0.4) is 0 Å². The number of anilines is 3. The van der Waals surface area contributed by atoms with Gasteiger partial charge in [0.2, 0.25) is 0 Å². The smallest absolute Gasteiger partial charge is 0.180 e. The van der Waals surface area contributed by atoms with E-state index in [4.69, 9.17) is 9.47 Å². The van der Waals surface area contributed by atoms with Gasteiger partial charge in [-0.2, -0.15) is 0 Å². The molecule has 9 aromatic carbocycles. The zero-order chi connectivity index (χ0) is 43.2. The van der Waals surface area contributed by atoms with Crippen LogP contribution in [0.1, 0.15) is 22.3 Å². The molecule has 0 fully saturated rings. The highest BCUT2D eigenvalue weighted by atomic mass is 32.1. The van der Waals surface area contributed by atoms with Crippen molar-refractivity contribution in [1.82, 2.24) is 0 Å². The molecule has 2 heterocycles. The molecule has 10 aromatic rings. The van der Waals surface area contributed by atoms with Gasteiger partial charge in [-0.15, -0.1) is 11.3 Å². The lowest BCUT2D eigenvalue weighted by molar-refractivity contribution is 0.175. The third kappa shape index (κ3) is 6.56. The molecule has 0 N–H and O–H groups in total. The molecule has 0 radical (unpaired) electrons. The fraction of sp³-hybridized carbons (Fsp3) is 0.0492. The number of hydrogen-bond acceptors (Lipinski definition) is 4. The second-order valence-corrected chi connectivity index (χ2v) is 17.6. The Balaban J connectivity index is 1.03. The number of nitrogens with zero attached hydrogens (tertiary/aromatic N) is 1. The summed E-state index contributed by atoms with van der Waals surface area (Å²) >= 11 is 1.73. The van der Waals surface area contributed by atoms with E-state index in [2.05, 4.69) is 235 Å². The first-order chi connectivity index (χ1) is 32.3. The van der Waals surface area contributed by atoms with Gasteiger partial charge in [-0.25, -0.2) is 0 Å². The standard InChI is InChI=1S/C61H43NO2S/c1-5-17-42(18-6-1)46-31-38-56(53(41-46)43-19-7-2-8-20-43)62(49-34-29-45(30-35-49)60-58-57(63-39-40-64-58)59(65-60)44-21-9-3-10-22-44)50-36-32-48(33-37-50)61(47-23-11-4-12-24-47)54-27-15-13-25-51(54)52-26-14-16-28-55(52)61/h1-38,41H,39-40H2. The second kappa shape index (κ2) is 16.3. The Kier molecular flexibility index (Phi) is 9.73. The van der Waals surface area contributed by atoms with Gasteiger partial charge in [-0.1, -0.05) is 200 Å². The topological polar surface area (TPSA) is 21.7 Å². The molecule has 2 aliphatic rings. The van der Waals surface area contributed by atoms with Crippen LogP contribution in [-0.2, 0) is 5.41 Å². The van der Waals surface area contributed by atoms with E-state index in [9.17, 15) is 0 Å². The van der Waals surface area contributed by atoms with Crippen LogP contribution < -0.4 is 14.4 Å². The molecule has 12 rings (SSSR count). The van der Waals surface area contributed by atoms with Crippen molar-refractivity contribution in [3.63, 3.8) is 0 Å². The van der Waals surface area contributed by atoms with Crippen molar-refractivity contribution in [2.45, 2.75) is 5.41 Å². The van der Waals surface area contributed by atoms with E-state index >= 15 is 0 Å². The molecule has 310 valence electrons. The highest BCUT2D eigenvalue weighted by molar-refractivity contribution is 7.19. The summed E-state index contributed by atoms with van der Waals surface area (Å²) in [6.45, 7) is 1.06. The highest BCUT2D eigenvalue weighted by Gasteiger charge is 2.45. The molecule has 1 aromatic heterocycles. The molecular formula is C61H43NO2S. The largest absolute Gasteiger partial charge is 0.485 e. The van der Waals surface area contributed by atoms with E-state index in [1.54, 1.807) is 11.3 Å². The molecule has 4 heteroatoms. The van der Waals surface area contributed by atoms with Crippen LogP contribution in [0.5, 0.6) is 11.5 Å². The number of benzene rings is 9. The van der Waals surface area contributed by atoms with Crippen LogP contribution in [0, 0.1) is 0 Å². The zero-order valence-corrected chi connectivity index (χ0v) is 36.4. The molecule has 1 aliphatic heterocycles. The summed E-state index contributed by atoms with van der Waals surface area (Å²) in [5.41, 5.74) is 17.2. The average Bonchev–Trinajstić information content (AvgIpc) is 3.93. The Morgan fingerprint density at radius 1 is 0.354 bits per heavy atom. The lowest BCUT2D eigenvalue weighted by atomic mass is 9.68. The summed E-state index contributed by atoms with van der Waals surface area (Å²) < 4.78 is 12.6. The van der Waals surface area contributed by atoms with Crippen molar-refractivity contribution >= 4 is 28.4 Å². The van der Waals surface area contributed by atoms with Gasteiger partial charge < -0.3 is 14.4 Å². The van der Waals surface area contributed by atoms with Crippen molar-refractivity contribution < 1.29 is 9.47 Å². The maximum atomic E-state index is 6.35. The van der Waals surface area contributed by atoms with Gasteiger partial charge in [-0.05, 0) is 97.6 Å². The van der Waals surface area contributed by atoms with E-state index in [1.165, 1.54) is 44.5 Å². The molecule has 0 bridgehead atoms. The lowest BCUT2D eigenvalue weighted by Crippen LogP contribution is -2.28. The predicted octanol–water partition coefficient (Wildman–Crippen LogP) is 16.0. The monoisotopic (exact) mass is 853 g/mol. The quantitative estimate of drug-likeness (QED) is 0.144. The highest BCUT2D eigenvalue weighted by Crippen LogP contribution is 2.57. The first kappa shape index (κ1) is 38.7. The molecule has 0 spiro atoms. The Bertz CT molecular complexity index is 3250. The maximum absolute atomic E-state index is 6.35. The van der Waals surface area contributed by atoms with Crippen LogP contribution in [0.4, 0.5) is 17.1 Å². The van der Waals surface area contributed by atoms with Crippen molar-refractivity contribution in [2.75, 3.05) is 18.1 Å². The molecular weight excluding hydrogens is 811 g/mol. The summed E-state index contributed by atoms with van der Waals surface area (Å²) in [7, 11) is 0. The summed E-state index contributed by atoms with van der Waals surface area (Å²) in [6.07, 6.45) is 0. The molecule has 3 nitrogen and oxygen atoms in total. The van der Waals surface area contributed by atoms with E-state index in [0.717, 1.165) is 60.6 Å². The summed E-state index contributed by atoms with van der Waals surface area (Å²) in [5, 5.41) is 0. The van der Waals surface area contributed by atoms with Gasteiger partial charge in [0.25, 0.3) is 0 Å². The fourth-order valence-corrected chi connectivity index (χ4v) is 11.3. The normalized spacial score (nSPS) is 13.2. The lowest BCUT2D eigenvalue weighted by Gasteiger charge is -2.34. The van der Waals surface area contributed by atoms with Gasteiger partial charge in [0.15, 0.2) is 11.5 Å². The first-order valence-corrected chi connectivity index (χ1v) is 23.1. The van der Waals surface area contributed by atoms with E-state index < -0.39 is 5.41 Å². The molecule has 0 saturated carbocycles. The van der Waals surface area contributed by atoms with Crippen LogP contribution in [0.25, 0.3) is 54.3 Å². The van der Waals surface area contributed by atoms with Crippen LogP contribution in [0.2, 0.25) is 0 Å². The minimum absolute atomic E-state index is 0.490. The second-order valence-electron chi connectivity index (χ2n) is 16.6. The van der Waals surface area contributed by atoms with Crippen LogP contribution in [-0.4, -0.2) is 13.2 Å². The van der Waals surface area contributed by atoms with Crippen molar-refractivity contribution in [2.24, 2.45) is 0 Å². The molecule has 0 amide bonds. The van der Waals surface area contributed by atoms with Gasteiger partial charge in [0.05, 0.1) is 20.9 Å². The molecule has 0 saturated heterocycles. The molecule has 65 heavy (non-hydrogen) atoms. The number of ether oxygens (including phenoxy) is 2. The summed E-state index contributed by atoms with van der Waals surface area (Å²) in [4.78, 5) is 4.57. The molecule has 0 atom stereocenters.